The molecule has 0 fully saturated rings. The van der Waals surface area contributed by atoms with Crippen molar-refractivity contribution < 1.29 is 4.74 Å². The molecule has 1 aromatic carbocycles. The number of ether oxygens (including phenoxy) is 1. The lowest BCUT2D eigenvalue weighted by atomic mass is 9.86. The number of unbranched alkanes of at least 4 members (excludes halogenated alkanes) is 2. The van der Waals surface area contributed by atoms with Gasteiger partial charge in [0, 0.05) is 0 Å². The Morgan fingerprint density at radius 3 is 2.44 bits per heavy atom. The van der Waals surface area contributed by atoms with Gasteiger partial charge in [0.25, 0.3) is 0 Å². The summed E-state index contributed by atoms with van der Waals surface area (Å²) in [5.41, 5.74) is 2.68. The Kier molecular flexibility index (Phi) is 6.07. The summed E-state index contributed by atoms with van der Waals surface area (Å²) in [6.07, 6.45) is 3.48. The Hall–Kier alpha value is -0.630. The zero-order valence-corrected chi connectivity index (χ0v) is 13.0. The molecule has 0 saturated carbocycles. The van der Waals surface area contributed by atoms with Crippen molar-refractivity contribution in [2.24, 2.45) is 0 Å². The number of aryl methyl sites for hydroxylation is 1. The van der Waals surface area contributed by atoms with Crippen LogP contribution in [-0.2, 0) is 5.41 Å². The quantitative estimate of drug-likeness (QED) is 0.576. The van der Waals surface area contributed by atoms with E-state index in [2.05, 4.69) is 58.5 Å². The molecule has 0 amide bonds. The molecule has 2 heteroatoms. The highest BCUT2D eigenvalue weighted by molar-refractivity contribution is 7.80. The Morgan fingerprint density at radius 1 is 1.11 bits per heavy atom. The van der Waals surface area contributed by atoms with Gasteiger partial charge in [-0.2, -0.15) is 12.6 Å². The summed E-state index contributed by atoms with van der Waals surface area (Å²) < 4.78 is 5.97. The lowest BCUT2D eigenvalue weighted by molar-refractivity contribution is 0.298. The molecule has 18 heavy (non-hydrogen) atoms. The second-order valence-electron chi connectivity index (χ2n) is 5.88. The number of hydrogen-bond acceptors (Lipinski definition) is 2. The van der Waals surface area contributed by atoms with Crippen LogP contribution in [0.15, 0.2) is 18.2 Å². The Labute approximate surface area is 117 Å². The van der Waals surface area contributed by atoms with Crippen LogP contribution >= 0.6 is 12.6 Å². The highest BCUT2D eigenvalue weighted by Crippen LogP contribution is 2.32. The highest BCUT2D eigenvalue weighted by atomic mass is 32.1. The van der Waals surface area contributed by atoms with Gasteiger partial charge < -0.3 is 4.74 Å². The SMILES string of the molecule is Cc1ccc(C(C)(C)C)c(OCCCCCS)c1. The average molecular weight is 266 g/mol. The molecule has 0 spiro atoms. The first-order valence-electron chi connectivity index (χ1n) is 6.80. The minimum absolute atomic E-state index is 0.133. The molecule has 0 heterocycles. The molecule has 0 radical (unpaired) electrons. The van der Waals surface area contributed by atoms with Crippen LogP contribution in [0, 0.1) is 6.92 Å². The first-order valence-corrected chi connectivity index (χ1v) is 7.43. The van der Waals surface area contributed by atoms with Crippen molar-refractivity contribution in [3.63, 3.8) is 0 Å². The molecule has 0 unspecified atom stereocenters. The van der Waals surface area contributed by atoms with Crippen LogP contribution in [0.25, 0.3) is 0 Å². The van der Waals surface area contributed by atoms with Crippen LogP contribution in [0.4, 0.5) is 0 Å². The molecular formula is C16H26OS. The fraction of sp³-hybridized carbons (Fsp3) is 0.625. The standard InChI is InChI=1S/C16H26OS/c1-13-8-9-14(16(2,3)4)15(12-13)17-10-6-5-7-11-18/h8-9,12,18H,5-7,10-11H2,1-4H3. The number of thiol groups is 1. The zero-order valence-electron chi connectivity index (χ0n) is 12.1. The second kappa shape index (κ2) is 7.08. The van der Waals surface area contributed by atoms with Gasteiger partial charge in [-0.1, -0.05) is 32.9 Å². The normalized spacial score (nSPS) is 11.6. The summed E-state index contributed by atoms with van der Waals surface area (Å²) in [6.45, 7) is 9.60. The van der Waals surface area contributed by atoms with Gasteiger partial charge in [0.05, 0.1) is 6.61 Å². The molecule has 102 valence electrons. The molecule has 0 aliphatic heterocycles. The van der Waals surface area contributed by atoms with E-state index in [1.807, 2.05) is 0 Å². The lowest BCUT2D eigenvalue weighted by Crippen LogP contribution is -2.14. The van der Waals surface area contributed by atoms with Crippen LogP contribution in [0.3, 0.4) is 0 Å². The molecule has 0 N–H and O–H groups in total. The van der Waals surface area contributed by atoms with Crippen LogP contribution in [0.2, 0.25) is 0 Å². The predicted molar refractivity (Wildman–Crippen MR) is 83.1 cm³/mol. The van der Waals surface area contributed by atoms with E-state index in [4.69, 9.17) is 4.74 Å². The smallest absolute Gasteiger partial charge is 0.123 e. The second-order valence-corrected chi connectivity index (χ2v) is 6.33. The van der Waals surface area contributed by atoms with Crippen molar-refractivity contribution >= 4 is 12.6 Å². The van der Waals surface area contributed by atoms with Crippen molar-refractivity contribution in [2.75, 3.05) is 12.4 Å². The predicted octanol–water partition coefficient (Wildman–Crippen LogP) is 4.77. The zero-order chi connectivity index (χ0) is 13.6. The molecule has 0 saturated heterocycles. The molecule has 0 aromatic heterocycles. The van der Waals surface area contributed by atoms with Gasteiger partial charge in [-0.05, 0) is 54.5 Å². The van der Waals surface area contributed by atoms with E-state index in [-0.39, 0.29) is 5.41 Å². The van der Waals surface area contributed by atoms with E-state index in [0.29, 0.717) is 0 Å². The highest BCUT2D eigenvalue weighted by Gasteiger charge is 2.18. The average Bonchev–Trinajstić information content (AvgIpc) is 2.27. The fourth-order valence-electron chi connectivity index (χ4n) is 1.94. The van der Waals surface area contributed by atoms with Crippen molar-refractivity contribution in [3.8, 4) is 5.75 Å². The van der Waals surface area contributed by atoms with Crippen LogP contribution in [-0.4, -0.2) is 12.4 Å². The van der Waals surface area contributed by atoms with Gasteiger partial charge in [0.1, 0.15) is 5.75 Å². The van der Waals surface area contributed by atoms with Crippen molar-refractivity contribution in [2.45, 2.75) is 52.4 Å². The van der Waals surface area contributed by atoms with E-state index in [1.54, 1.807) is 0 Å². The van der Waals surface area contributed by atoms with Gasteiger partial charge in [0.2, 0.25) is 0 Å². The summed E-state index contributed by atoms with van der Waals surface area (Å²) in [6, 6.07) is 6.51. The van der Waals surface area contributed by atoms with Crippen molar-refractivity contribution in [1.29, 1.82) is 0 Å². The minimum atomic E-state index is 0.133. The van der Waals surface area contributed by atoms with E-state index < -0.39 is 0 Å². The first-order chi connectivity index (χ1) is 8.45. The summed E-state index contributed by atoms with van der Waals surface area (Å²) in [4.78, 5) is 0. The van der Waals surface area contributed by atoms with Gasteiger partial charge in [-0.3, -0.25) is 0 Å². The van der Waals surface area contributed by atoms with Gasteiger partial charge in [0.15, 0.2) is 0 Å². The lowest BCUT2D eigenvalue weighted by Gasteiger charge is -2.23. The molecule has 0 bridgehead atoms. The monoisotopic (exact) mass is 266 g/mol. The maximum atomic E-state index is 5.97. The van der Waals surface area contributed by atoms with Crippen molar-refractivity contribution in [1.82, 2.24) is 0 Å². The fourth-order valence-corrected chi connectivity index (χ4v) is 2.16. The van der Waals surface area contributed by atoms with E-state index in [0.717, 1.165) is 24.5 Å². The molecule has 1 aromatic rings. The minimum Gasteiger partial charge on any atom is -0.493 e. The third-order valence-corrected chi connectivity index (χ3v) is 3.32. The van der Waals surface area contributed by atoms with Gasteiger partial charge >= 0.3 is 0 Å². The third-order valence-electron chi connectivity index (χ3n) is 3.01. The molecule has 0 aliphatic rings. The summed E-state index contributed by atoms with van der Waals surface area (Å²) in [5.74, 6) is 2.02. The van der Waals surface area contributed by atoms with Gasteiger partial charge in [-0.25, -0.2) is 0 Å². The first kappa shape index (κ1) is 15.4. The Balaban J connectivity index is 2.65. The maximum absolute atomic E-state index is 5.97. The Bertz CT molecular complexity index is 366. The summed E-state index contributed by atoms with van der Waals surface area (Å²) >= 11 is 4.22. The molecule has 1 rings (SSSR count). The van der Waals surface area contributed by atoms with Crippen LogP contribution < -0.4 is 4.74 Å². The largest absolute Gasteiger partial charge is 0.493 e. The van der Waals surface area contributed by atoms with E-state index in [1.165, 1.54) is 24.0 Å². The molecular weight excluding hydrogens is 240 g/mol. The van der Waals surface area contributed by atoms with E-state index in [9.17, 15) is 0 Å². The topological polar surface area (TPSA) is 9.23 Å². The van der Waals surface area contributed by atoms with Crippen LogP contribution in [0.5, 0.6) is 5.75 Å². The maximum Gasteiger partial charge on any atom is 0.123 e. The number of benzene rings is 1. The third kappa shape index (κ3) is 4.93. The summed E-state index contributed by atoms with van der Waals surface area (Å²) in [5, 5.41) is 0. The van der Waals surface area contributed by atoms with E-state index >= 15 is 0 Å². The molecule has 0 atom stereocenters. The van der Waals surface area contributed by atoms with Gasteiger partial charge in [-0.15, -0.1) is 0 Å². The van der Waals surface area contributed by atoms with Crippen molar-refractivity contribution in [3.05, 3.63) is 29.3 Å². The van der Waals surface area contributed by atoms with Crippen LogP contribution in [0.1, 0.15) is 51.2 Å². The molecule has 0 aliphatic carbocycles. The molecule has 1 nitrogen and oxygen atoms in total. The number of rotatable bonds is 6. The Morgan fingerprint density at radius 2 is 1.83 bits per heavy atom. The number of hydrogen-bond donors (Lipinski definition) is 1. The summed E-state index contributed by atoms with van der Waals surface area (Å²) in [7, 11) is 0.